The Kier molecular flexibility index (Phi) is 7.22. The molecule has 1 fully saturated rings. The molecule has 0 spiro atoms. The number of hydrogen-bond acceptors (Lipinski definition) is 4. The number of thioether (sulfide) groups is 1. The molecule has 0 saturated heterocycles. The largest absolute Gasteiger partial charge is 0.469 e. The molecule has 0 amide bonds. The van der Waals surface area contributed by atoms with Gasteiger partial charge in [0.1, 0.15) is 0 Å². The summed E-state index contributed by atoms with van der Waals surface area (Å²) < 4.78 is 4.79. The van der Waals surface area contributed by atoms with E-state index in [9.17, 15) is 4.79 Å². The molecule has 1 aliphatic rings. The second-order valence-corrected chi connectivity index (χ2v) is 7.10. The van der Waals surface area contributed by atoms with Crippen molar-refractivity contribution in [2.24, 2.45) is 5.41 Å². The van der Waals surface area contributed by atoms with Crippen molar-refractivity contribution in [3.05, 3.63) is 0 Å². The van der Waals surface area contributed by atoms with E-state index in [-0.39, 0.29) is 11.4 Å². The maximum absolute atomic E-state index is 11.4. The summed E-state index contributed by atoms with van der Waals surface area (Å²) in [5.41, 5.74) is 0.245. The minimum absolute atomic E-state index is 0.0538. The maximum Gasteiger partial charge on any atom is 0.306 e. The van der Waals surface area contributed by atoms with Crippen molar-refractivity contribution < 1.29 is 9.53 Å². The number of hydrogen-bond donors (Lipinski definition) is 1. The summed E-state index contributed by atoms with van der Waals surface area (Å²) in [6.45, 7) is 7.84. The first-order chi connectivity index (χ1) is 9.06. The fourth-order valence-electron chi connectivity index (χ4n) is 2.32. The average Bonchev–Trinajstić information content (AvgIpc) is 3.17. The number of carbonyl (C=O) groups excluding carboxylic acids is 1. The molecule has 1 aliphatic carbocycles. The summed E-state index contributed by atoms with van der Waals surface area (Å²) in [7, 11) is 1.48. The zero-order valence-corrected chi connectivity index (χ0v) is 13.6. The first-order valence-corrected chi connectivity index (χ1v) is 8.53. The van der Waals surface area contributed by atoms with Gasteiger partial charge in [-0.3, -0.25) is 4.79 Å². The number of rotatable bonds is 10. The van der Waals surface area contributed by atoms with Crippen LogP contribution < -0.4 is 5.32 Å². The van der Waals surface area contributed by atoms with Crippen molar-refractivity contribution in [2.75, 3.05) is 19.4 Å². The number of nitrogens with one attached hydrogen (secondary N) is 1. The summed E-state index contributed by atoms with van der Waals surface area (Å²) in [4.78, 5) is 11.4. The highest BCUT2D eigenvalue weighted by molar-refractivity contribution is 8.00. The SMILES string of the molecule is CCCNC(CC)C(C)SCC1(CC(=O)OC)CC1. The fraction of sp³-hybridized carbons (Fsp3) is 0.933. The third-order valence-corrected chi connectivity index (χ3v) is 5.65. The lowest BCUT2D eigenvalue weighted by molar-refractivity contribution is -0.141. The molecule has 4 heteroatoms. The van der Waals surface area contributed by atoms with Crippen LogP contribution in [0.1, 0.15) is 52.9 Å². The molecule has 1 saturated carbocycles. The van der Waals surface area contributed by atoms with E-state index in [1.807, 2.05) is 11.8 Å². The van der Waals surface area contributed by atoms with Gasteiger partial charge in [-0.15, -0.1) is 0 Å². The highest BCUT2D eigenvalue weighted by atomic mass is 32.2. The quantitative estimate of drug-likeness (QED) is 0.626. The highest BCUT2D eigenvalue weighted by Crippen LogP contribution is 2.51. The molecule has 0 aromatic rings. The predicted octanol–water partition coefficient (Wildman–Crippen LogP) is 3.23. The summed E-state index contributed by atoms with van der Waals surface area (Å²) in [5.74, 6) is 1.04. The van der Waals surface area contributed by atoms with Gasteiger partial charge < -0.3 is 10.1 Å². The Morgan fingerprint density at radius 3 is 2.58 bits per heavy atom. The van der Waals surface area contributed by atoms with Crippen LogP contribution in [0.4, 0.5) is 0 Å². The number of methoxy groups -OCH3 is 1. The molecule has 3 nitrogen and oxygen atoms in total. The Morgan fingerprint density at radius 2 is 2.11 bits per heavy atom. The molecule has 2 atom stereocenters. The molecule has 0 bridgehead atoms. The smallest absolute Gasteiger partial charge is 0.306 e. The monoisotopic (exact) mass is 287 g/mol. The van der Waals surface area contributed by atoms with E-state index in [0.717, 1.165) is 18.7 Å². The van der Waals surface area contributed by atoms with E-state index in [0.29, 0.717) is 17.7 Å². The zero-order chi connectivity index (χ0) is 14.3. The van der Waals surface area contributed by atoms with Crippen LogP contribution in [0, 0.1) is 5.41 Å². The fourth-order valence-corrected chi connectivity index (χ4v) is 3.85. The minimum Gasteiger partial charge on any atom is -0.469 e. The van der Waals surface area contributed by atoms with Crippen LogP contribution in [0.5, 0.6) is 0 Å². The van der Waals surface area contributed by atoms with Crippen molar-refractivity contribution in [3.63, 3.8) is 0 Å². The van der Waals surface area contributed by atoms with Gasteiger partial charge in [-0.25, -0.2) is 0 Å². The molecule has 1 rings (SSSR count). The zero-order valence-electron chi connectivity index (χ0n) is 12.8. The van der Waals surface area contributed by atoms with Crippen LogP contribution in [0.2, 0.25) is 0 Å². The van der Waals surface area contributed by atoms with Crippen molar-refractivity contribution in [1.29, 1.82) is 0 Å². The average molecular weight is 287 g/mol. The topological polar surface area (TPSA) is 38.3 Å². The van der Waals surface area contributed by atoms with Crippen molar-refractivity contribution >= 4 is 17.7 Å². The Morgan fingerprint density at radius 1 is 1.42 bits per heavy atom. The standard InChI is InChI=1S/C15H29NO2S/c1-5-9-16-13(6-2)12(3)19-11-15(7-8-15)10-14(17)18-4/h12-13,16H,5-11H2,1-4H3. The third-order valence-electron chi connectivity index (χ3n) is 4.02. The van der Waals surface area contributed by atoms with E-state index in [4.69, 9.17) is 4.74 Å². The highest BCUT2D eigenvalue weighted by Gasteiger charge is 2.44. The summed E-state index contributed by atoms with van der Waals surface area (Å²) >= 11 is 2.01. The van der Waals surface area contributed by atoms with Gasteiger partial charge >= 0.3 is 5.97 Å². The van der Waals surface area contributed by atoms with Gasteiger partial charge in [0.25, 0.3) is 0 Å². The summed E-state index contributed by atoms with van der Waals surface area (Å²) in [5, 5.41) is 4.22. The first kappa shape index (κ1) is 16.8. The summed E-state index contributed by atoms with van der Waals surface area (Å²) in [6.07, 6.45) is 5.31. The number of carbonyl (C=O) groups is 1. The van der Waals surface area contributed by atoms with Gasteiger partial charge in [0.15, 0.2) is 0 Å². The molecule has 0 aliphatic heterocycles. The van der Waals surface area contributed by atoms with E-state index in [2.05, 4.69) is 26.1 Å². The lowest BCUT2D eigenvalue weighted by atomic mass is 10.1. The van der Waals surface area contributed by atoms with Gasteiger partial charge in [-0.2, -0.15) is 11.8 Å². The van der Waals surface area contributed by atoms with Gasteiger partial charge in [0.05, 0.1) is 13.5 Å². The van der Waals surface area contributed by atoms with Gasteiger partial charge in [-0.05, 0) is 43.4 Å². The van der Waals surface area contributed by atoms with Crippen LogP contribution in [0.15, 0.2) is 0 Å². The third kappa shape index (κ3) is 5.74. The van der Waals surface area contributed by atoms with Gasteiger partial charge in [-0.1, -0.05) is 20.8 Å². The molecule has 2 unspecified atom stereocenters. The molecule has 19 heavy (non-hydrogen) atoms. The van der Waals surface area contributed by atoms with Crippen LogP contribution in [0.25, 0.3) is 0 Å². The number of ether oxygens (including phenoxy) is 1. The van der Waals surface area contributed by atoms with Crippen molar-refractivity contribution in [1.82, 2.24) is 5.32 Å². The van der Waals surface area contributed by atoms with E-state index in [1.165, 1.54) is 26.4 Å². The normalized spacial score (nSPS) is 19.8. The van der Waals surface area contributed by atoms with Crippen LogP contribution in [0.3, 0.4) is 0 Å². The number of esters is 1. The second kappa shape index (κ2) is 8.15. The van der Waals surface area contributed by atoms with Gasteiger partial charge in [0.2, 0.25) is 0 Å². The van der Waals surface area contributed by atoms with E-state index < -0.39 is 0 Å². The molecule has 0 radical (unpaired) electrons. The molecule has 112 valence electrons. The Hall–Kier alpha value is -0.220. The van der Waals surface area contributed by atoms with Crippen LogP contribution >= 0.6 is 11.8 Å². The van der Waals surface area contributed by atoms with E-state index in [1.54, 1.807) is 0 Å². The first-order valence-electron chi connectivity index (χ1n) is 7.48. The van der Waals surface area contributed by atoms with Gasteiger partial charge in [0, 0.05) is 11.3 Å². The molecule has 0 aromatic heterocycles. The van der Waals surface area contributed by atoms with Crippen LogP contribution in [-0.2, 0) is 9.53 Å². The van der Waals surface area contributed by atoms with Crippen molar-refractivity contribution in [2.45, 2.75) is 64.2 Å². The second-order valence-electron chi connectivity index (χ2n) is 5.74. The Balaban J connectivity index is 2.32. The summed E-state index contributed by atoms with van der Waals surface area (Å²) in [6, 6.07) is 0.582. The Labute approximate surface area is 122 Å². The van der Waals surface area contributed by atoms with E-state index >= 15 is 0 Å². The molecule has 1 N–H and O–H groups in total. The molecule has 0 aromatic carbocycles. The van der Waals surface area contributed by atoms with Crippen LogP contribution in [-0.4, -0.2) is 36.7 Å². The minimum atomic E-state index is -0.0538. The maximum atomic E-state index is 11.4. The lowest BCUT2D eigenvalue weighted by Crippen LogP contribution is -2.37. The lowest BCUT2D eigenvalue weighted by Gasteiger charge is -2.25. The predicted molar refractivity (Wildman–Crippen MR) is 82.6 cm³/mol. The van der Waals surface area contributed by atoms with Crippen molar-refractivity contribution in [3.8, 4) is 0 Å². The Bertz CT molecular complexity index is 279. The molecule has 0 heterocycles. The molecular weight excluding hydrogens is 258 g/mol. The molecular formula is C15H29NO2S.